The molecule has 3 N–H and O–H groups in total. The Morgan fingerprint density at radius 3 is 2.53 bits per heavy atom. The van der Waals surface area contributed by atoms with Crippen LogP contribution in [0.25, 0.3) is 0 Å². The summed E-state index contributed by atoms with van der Waals surface area (Å²) in [5.74, 6) is 0.454. The van der Waals surface area contributed by atoms with Gasteiger partial charge in [-0.25, -0.2) is 4.79 Å². The smallest absolute Gasteiger partial charge is 0.317 e. The predicted molar refractivity (Wildman–Crippen MR) is 61.6 cm³/mol. The minimum Gasteiger partial charge on any atom is -0.333 e. The van der Waals surface area contributed by atoms with E-state index in [4.69, 9.17) is 5.73 Å². The Morgan fingerprint density at radius 2 is 2.13 bits per heavy atom. The predicted octanol–water partition coefficient (Wildman–Crippen LogP) is 1.16. The van der Waals surface area contributed by atoms with E-state index >= 15 is 0 Å². The van der Waals surface area contributed by atoms with Crippen molar-refractivity contribution in [2.45, 2.75) is 45.7 Å². The summed E-state index contributed by atoms with van der Waals surface area (Å²) in [6, 6.07) is 0.211. The average molecular weight is 213 g/mol. The van der Waals surface area contributed by atoms with Crippen LogP contribution >= 0.6 is 0 Å². The molecule has 1 rings (SSSR count). The van der Waals surface area contributed by atoms with Crippen LogP contribution in [0.4, 0.5) is 4.79 Å². The third-order valence-corrected chi connectivity index (χ3v) is 2.74. The second kappa shape index (κ2) is 4.39. The second-order valence-electron chi connectivity index (χ2n) is 5.53. The molecule has 15 heavy (non-hydrogen) atoms. The van der Waals surface area contributed by atoms with Crippen LogP contribution in [0.15, 0.2) is 0 Å². The summed E-state index contributed by atoms with van der Waals surface area (Å²) in [6.45, 7) is 9.60. The monoisotopic (exact) mass is 213 g/mol. The Bertz CT molecular complexity index is 232. The van der Waals surface area contributed by atoms with Crippen molar-refractivity contribution >= 4 is 6.03 Å². The summed E-state index contributed by atoms with van der Waals surface area (Å²) in [4.78, 5) is 13.7. The minimum atomic E-state index is -0.163. The van der Waals surface area contributed by atoms with Gasteiger partial charge in [0.1, 0.15) is 0 Å². The van der Waals surface area contributed by atoms with Crippen LogP contribution in [-0.2, 0) is 0 Å². The molecule has 1 fully saturated rings. The SMILES string of the molecule is CC(N)C1CCN(C(=O)NC(C)(C)C)C1. The molecule has 4 nitrogen and oxygen atoms in total. The standard InChI is InChI=1S/C11H23N3O/c1-8(12)9-5-6-14(7-9)10(15)13-11(2,3)4/h8-9H,5-7,12H2,1-4H3,(H,13,15). The van der Waals surface area contributed by atoms with Crippen molar-refractivity contribution < 1.29 is 4.79 Å². The molecule has 4 heteroatoms. The molecule has 2 unspecified atom stereocenters. The Hall–Kier alpha value is -0.770. The van der Waals surface area contributed by atoms with Crippen LogP contribution < -0.4 is 11.1 Å². The lowest BCUT2D eigenvalue weighted by Gasteiger charge is -2.25. The molecule has 1 heterocycles. The fraction of sp³-hybridized carbons (Fsp3) is 0.909. The highest BCUT2D eigenvalue weighted by molar-refractivity contribution is 5.75. The number of amides is 2. The fourth-order valence-corrected chi connectivity index (χ4v) is 1.80. The maximum atomic E-state index is 11.8. The maximum Gasteiger partial charge on any atom is 0.317 e. The van der Waals surface area contributed by atoms with E-state index in [-0.39, 0.29) is 17.6 Å². The molecular weight excluding hydrogens is 190 g/mol. The van der Waals surface area contributed by atoms with Gasteiger partial charge in [0.05, 0.1) is 0 Å². The topological polar surface area (TPSA) is 58.4 Å². The van der Waals surface area contributed by atoms with Crippen LogP contribution in [0.3, 0.4) is 0 Å². The van der Waals surface area contributed by atoms with Crippen LogP contribution in [0, 0.1) is 5.92 Å². The number of carbonyl (C=O) groups is 1. The lowest BCUT2D eigenvalue weighted by molar-refractivity contribution is 0.197. The van der Waals surface area contributed by atoms with Crippen molar-refractivity contribution in [2.24, 2.45) is 11.7 Å². The number of hydrogen-bond donors (Lipinski definition) is 2. The van der Waals surface area contributed by atoms with Gasteiger partial charge < -0.3 is 16.0 Å². The number of likely N-dealkylation sites (tertiary alicyclic amines) is 1. The maximum absolute atomic E-state index is 11.8. The molecule has 0 spiro atoms. The highest BCUT2D eigenvalue weighted by atomic mass is 16.2. The van der Waals surface area contributed by atoms with E-state index in [9.17, 15) is 4.79 Å². The highest BCUT2D eigenvalue weighted by Crippen LogP contribution is 2.18. The van der Waals surface area contributed by atoms with Gasteiger partial charge in [0.25, 0.3) is 0 Å². The minimum absolute atomic E-state index is 0.0330. The van der Waals surface area contributed by atoms with Crippen LogP contribution in [0.5, 0.6) is 0 Å². The van der Waals surface area contributed by atoms with Crippen LogP contribution in [-0.4, -0.2) is 35.6 Å². The molecule has 0 aromatic heterocycles. The quantitative estimate of drug-likeness (QED) is 0.687. The molecule has 1 aliphatic heterocycles. The zero-order chi connectivity index (χ0) is 11.6. The zero-order valence-corrected chi connectivity index (χ0v) is 10.2. The Labute approximate surface area is 92.2 Å². The summed E-state index contributed by atoms with van der Waals surface area (Å²) in [5.41, 5.74) is 5.67. The van der Waals surface area contributed by atoms with E-state index in [0.29, 0.717) is 5.92 Å². The molecule has 1 saturated heterocycles. The summed E-state index contributed by atoms with van der Waals surface area (Å²) < 4.78 is 0. The van der Waals surface area contributed by atoms with Gasteiger partial charge in [0, 0.05) is 24.7 Å². The first-order valence-corrected chi connectivity index (χ1v) is 5.62. The number of hydrogen-bond acceptors (Lipinski definition) is 2. The molecule has 0 aromatic rings. The third kappa shape index (κ3) is 3.70. The van der Waals surface area contributed by atoms with Crippen molar-refractivity contribution in [3.05, 3.63) is 0 Å². The average Bonchev–Trinajstić information content (AvgIpc) is 2.47. The molecule has 1 aliphatic rings. The van der Waals surface area contributed by atoms with Gasteiger partial charge >= 0.3 is 6.03 Å². The first kappa shape index (κ1) is 12.3. The first-order chi connectivity index (χ1) is 6.79. The van der Waals surface area contributed by atoms with Gasteiger partial charge in [0.15, 0.2) is 0 Å². The van der Waals surface area contributed by atoms with E-state index in [2.05, 4.69) is 5.32 Å². The van der Waals surface area contributed by atoms with Gasteiger partial charge in [0.2, 0.25) is 0 Å². The van der Waals surface area contributed by atoms with Crippen molar-refractivity contribution in [3.8, 4) is 0 Å². The Morgan fingerprint density at radius 1 is 1.53 bits per heavy atom. The number of nitrogens with zero attached hydrogens (tertiary/aromatic N) is 1. The molecule has 0 aliphatic carbocycles. The molecule has 2 amide bonds. The van der Waals surface area contributed by atoms with Gasteiger partial charge in [-0.15, -0.1) is 0 Å². The molecule has 0 aromatic carbocycles. The normalized spacial score (nSPS) is 24.1. The van der Waals surface area contributed by atoms with E-state index < -0.39 is 0 Å². The van der Waals surface area contributed by atoms with Gasteiger partial charge in [-0.05, 0) is 40.0 Å². The highest BCUT2D eigenvalue weighted by Gasteiger charge is 2.29. The van der Waals surface area contributed by atoms with E-state index in [0.717, 1.165) is 19.5 Å². The first-order valence-electron chi connectivity index (χ1n) is 5.62. The molecular formula is C11H23N3O. The van der Waals surface area contributed by atoms with E-state index in [1.807, 2.05) is 32.6 Å². The third-order valence-electron chi connectivity index (χ3n) is 2.74. The van der Waals surface area contributed by atoms with Crippen molar-refractivity contribution in [1.29, 1.82) is 0 Å². The summed E-state index contributed by atoms with van der Waals surface area (Å²) >= 11 is 0. The Balaban J connectivity index is 2.44. The molecule has 0 bridgehead atoms. The molecule has 0 radical (unpaired) electrons. The largest absolute Gasteiger partial charge is 0.333 e. The van der Waals surface area contributed by atoms with Crippen molar-refractivity contribution in [3.63, 3.8) is 0 Å². The molecule has 0 saturated carbocycles. The summed E-state index contributed by atoms with van der Waals surface area (Å²) in [7, 11) is 0. The number of nitrogens with one attached hydrogen (secondary N) is 1. The molecule has 2 atom stereocenters. The molecule has 88 valence electrons. The van der Waals surface area contributed by atoms with E-state index in [1.54, 1.807) is 0 Å². The lowest BCUT2D eigenvalue weighted by Crippen LogP contribution is -2.48. The van der Waals surface area contributed by atoms with E-state index in [1.165, 1.54) is 0 Å². The number of rotatable bonds is 1. The summed E-state index contributed by atoms with van der Waals surface area (Å²) in [5, 5.41) is 2.97. The summed E-state index contributed by atoms with van der Waals surface area (Å²) in [6.07, 6.45) is 1.02. The number of nitrogens with two attached hydrogens (primary N) is 1. The van der Waals surface area contributed by atoms with Gasteiger partial charge in [-0.3, -0.25) is 0 Å². The number of urea groups is 1. The number of carbonyl (C=O) groups excluding carboxylic acids is 1. The van der Waals surface area contributed by atoms with Crippen LogP contribution in [0.1, 0.15) is 34.1 Å². The zero-order valence-electron chi connectivity index (χ0n) is 10.2. The van der Waals surface area contributed by atoms with Gasteiger partial charge in [-0.1, -0.05) is 0 Å². The van der Waals surface area contributed by atoms with Crippen LogP contribution in [0.2, 0.25) is 0 Å². The van der Waals surface area contributed by atoms with Crippen molar-refractivity contribution in [1.82, 2.24) is 10.2 Å². The fourth-order valence-electron chi connectivity index (χ4n) is 1.80. The Kier molecular flexibility index (Phi) is 3.60. The second-order valence-corrected chi connectivity index (χ2v) is 5.53. The lowest BCUT2D eigenvalue weighted by atomic mass is 10.0. The van der Waals surface area contributed by atoms with Crippen molar-refractivity contribution in [2.75, 3.05) is 13.1 Å². The van der Waals surface area contributed by atoms with Gasteiger partial charge in [-0.2, -0.15) is 0 Å².